The van der Waals surface area contributed by atoms with Crippen molar-refractivity contribution in [1.29, 1.82) is 0 Å². The highest BCUT2D eigenvalue weighted by atomic mass is 79.9. The zero-order chi connectivity index (χ0) is 34.7. The molecule has 18 heteroatoms. The number of carbonyl (C=O) groups is 2. The van der Waals surface area contributed by atoms with Gasteiger partial charge in [0.25, 0.3) is 11.6 Å². The minimum atomic E-state index is -4.74. The van der Waals surface area contributed by atoms with Crippen LogP contribution in [0, 0.1) is 10.1 Å². The Kier molecular flexibility index (Phi) is 10.4. The van der Waals surface area contributed by atoms with Crippen LogP contribution in [0.2, 0.25) is 0 Å². The number of benzene rings is 1. The molecule has 1 aromatic carbocycles. The third-order valence-electron chi connectivity index (χ3n) is 7.95. The van der Waals surface area contributed by atoms with Crippen LogP contribution in [0.3, 0.4) is 0 Å². The van der Waals surface area contributed by atoms with Crippen LogP contribution in [-0.2, 0) is 22.3 Å². The molecule has 5 rings (SSSR count). The summed E-state index contributed by atoms with van der Waals surface area (Å²) in [5.41, 5.74) is -0.0208. The normalized spacial score (nSPS) is 21.5. The second-order valence-corrected chi connectivity index (χ2v) is 12.6. The van der Waals surface area contributed by atoms with Gasteiger partial charge in [0.05, 0.1) is 34.4 Å². The predicted octanol–water partition coefficient (Wildman–Crippen LogP) is 4.55. The molecular weight excluding hydrogens is 703 g/mol. The molecule has 14 nitrogen and oxygen atoms in total. The first-order chi connectivity index (χ1) is 22.7. The summed E-state index contributed by atoms with van der Waals surface area (Å²) < 4.78 is 45.9. The molecule has 0 aliphatic carbocycles. The van der Waals surface area contributed by atoms with Crippen LogP contribution in [0.25, 0.3) is 0 Å². The van der Waals surface area contributed by atoms with Gasteiger partial charge in [0.2, 0.25) is 5.91 Å². The Morgan fingerprint density at radius 2 is 1.83 bits per heavy atom. The number of alkyl halides is 3. The largest absolute Gasteiger partial charge is 0.433 e. The summed E-state index contributed by atoms with van der Waals surface area (Å²) in [4.78, 5) is 53.8. The molecule has 256 valence electrons. The van der Waals surface area contributed by atoms with E-state index in [0.717, 1.165) is 11.3 Å². The molecule has 48 heavy (non-hydrogen) atoms. The molecule has 2 aliphatic rings. The Bertz CT molecular complexity index is 1690. The van der Waals surface area contributed by atoms with Gasteiger partial charge in [0, 0.05) is 68.3 Å². The van der Waals surface area contributed by atoms with Crippen LogP contribution in [0.4, 0.5) is 36.1 Å². The molecule has 4 heterocycles. The van der Waals surface area contributed by atoms with E-state index in [0.29, 0.717) is 30.0 Å². The Morgan fingerprint density at radius 3 is 2.50 bits per heavy atom. The van der Waals surface area contributed by atoms with Gasteiger partial charge in [-0.3, -0.25) is 29.6 Å². The fourth-order valence-corrected chi connectivity index (χ4v) is 6.41. The molecule has 2 fully saturated rings. The Labute approximate surface area is 281 Å². The number of likely N-dealkylation sites (tertiary alicyclic amines) is 1. The molecule has 2 aromatic heterocycles. The smallest absolute Gasteiger partial charge is 0.387 e. The van der Waals surface area contributed by atoms with Crippen molar-refractivity contribution in [3.8, 4) is 0 Å². The number of hydrogen-bond acceptors (Lipinski definition) is 11. The van der Waals surface area contributed by atoms with Gasteiger partial charge in [-0.05, 0) is 38.0 Å². The minimum Gasteiger partial charge on any atom is -0.387 e. The Hall–Kier alpha value is -4.42. The number of carbonyl (C=O) groups excluding carboxylic acids is 2. The second-order valence-electron chi connectivity index (χ2n) is 11.7. The summed E-state index contributed by atoms with van der Waals surface area (Å²) in [5.74, 6) is -1.39. The maximum atomic E-state index is 13.9. The highest BCUT2D eigenvalue weighted by molar-refractivity contribution is 9.10. The van der Waals surface area contributed by atoms with Crippen LogP contribution < -0.4 is 16.0 Å². The molecule has 2 saturated heterocycles. The van der Waals surface area contributed by atoms with Gasteiger partial charge in [-0.15, -0.1) is 0 Å². The number of amides is 2. The fraction of sp³-hybridized carbons (Fsp3) is 0.433. The topological polar surface area (TPSA) is 168 Å². The average Bonchev–Trinajstić information content (AvgIpc) is 3.42. The first-order valence-corrected chi connectivity index (χ1v) is 15.8. The lowest BCUT2D eigenvalue weighted by Crippen LogP contribution is -2.48. The van der Waals surface area contributed by atoms with E-state index in [2.05, 4.69) is 46.8 Å². The number of pyridine rings is 1. The van der Waals surface area contributed by atoms with E-state index in [-0.39, 0.29) is 54.5 Å². The molecule has 0 radical (unpaired) electrons. The number of aromatic nitrogens is 3. The number of rotatable bonds is 9. The highest BCUT2D eigenvalue weighted by Crippen LogP contribution is 2.36. The molecular formula is C30H33BrF3N9O5. The van der Waals surface area contributed by atoms with Gasteiger partial charge >= 0.3 is 6.18 Å². The molecule has 3 aromatic rings. The summed E-state index contributed by atoms with van der Waals surface area (Å²) in [7, 11) is 1.73. The molecule has 0 saturated carbocycles. The van der Waals surface area contributed by atoms with Crippen LogP contribution in [0.5, 0.6) is 0 Å². The summed E-state index contributed by atoms with van der Waals surface area (Å²) in [6.07, 6.45) is -1.17. The van der Waals surface area contributed by atoms with Gasteiger partial charge in [-0.2, -0.15) is 13.2 Å². The maximum absolute atomic E-state index is 13.9. The van der Waals surface area contributed by atoms with E-state index in [4.69, 9.17) is 4.74 Å². The Balaban J connectivity index is 1.46. The molecule has 0 spiro atoms. The van der Waals surface area contributed by atoms with Gasteiger partial charge in [-0.25, -0.2) is 9.97 Å². The minimum absolute atomic E-state index is 0.00419. The van der Waals surface area contributed by atoms with E-state index < -0.39 is 40.7 Å². The fourth-order valence-electron chi connectivity index (χ4n) is 5.97. The number of hydrogen-bond donors (Lipinski definition) is 3. The first kappa shape index (κ1) is 34.9. The van der Waals surface area contributed by atoms with Crippen molar-refractivity contribution < 1.29 is 32.4 Å². The van der Waals surface area contributed by atoms with Crippen molar-refractivity contribution >= 4 is 50.6 Å². The van der Waals surface area contributed by atoms with Gasteiger partial charge in [0.1, 0.15) is 23.5 Å². The SMILES string of the molecule is CNc1cncc(CN2C[C@H](Nc3c(C(=O)N4C[C@@H](C)O[C@@H](C)C4)cc(Br)cc3[N+](=O)[O-])C[C@H]2C(=O)Nc2cc(C(F)(F)F)ncn2)c1. The summed E-state index contributed by atoms with van der Waals surface area (Å²) in [5, 5.41) is 20.9. The second kappa shape index (κ2) is 14.4. The zero-order valence-corrected chi connectivity index (χ0v) is 27.7. The van der Waals surface area contributed by atoms with Crippen molar-refractivity contribution in [2.45, 2.75) is 57.3 Å². The lowest BCUT2D eigenvalue weighted by molar-refractivity contribution is -0.384. The molecule has 2 aliphatic heterocycles. The zero-order valence-electron chi connectivity index (χ0n) is 26.1. The number of nitrogens with zero attached hydrogens (tertiary/aromatic N) is 6. The number of morpholine rings is 1. The van der Waals surface area contributed by atoms with Gasteiger partial charge < -0.3 is 25.6 Å². The van der Waals surface area contributed by atoms with Gasteiger partial charge in [-0.1, -0.05) is 15.9 Å². The molecule has 4 atom stereocenters. The number of halogens is 4. The van der Waals surface area contributed by atoms with E-state index in [9.17, 15) is 32.9 Å². The standard InChI is InChI=1S/C30H33BrF3N9O5/c1-16-11-42(12-17(2)48-16)29(45)22-5-19(31)6-23(43(46)47)27(22)39-21-7-24(41(14-21)13-18-4-20(35-3)10-36-9-18)28(44)40-26-8-25(30(32,33)34)37-15-38-26/h4-6,8-10,15-17,21,24,35,39H,7,11-14H2,1-3H3,(H,37,38,40,44)/t16-,17+,21-,24+/m1/s1. The summed E-state index contributed by atoms with van der Waals surface area (Å²) in [6.45, 7) is 4.66. The van der Waals surface area contributed by atoms with Crippen molar-refractivity contribution in [2.75, 3.05) is 42.6 Å². The van der Waals surface area contributed by atoms with E-state index >= 15 is 0 Å². The average molecular weight is 737 g/mol. The van der Waals surface area contributed by atoms with Crippen LogP contribution >= 0.6 is 15.9 Å². The van der Waals surface area contributed by atoms with Crippen LogP contribution in [-0.4, -0.2) is 92.5 Å². The summed E-state index contributed by atoms with van der Waals surface area (Å²) in [6, 6.07) is 3.79. The summed E-state index contributed by atoms with van der Waals surface area (Å²) >= 11 is 3.30. The quantitative estimate of drug-likeness (QED) is 0.208. The number of nitro groups is 1. The third-order valence-corrected chi connectivity index (χ3v) is 8.41. The third kappa shape index (κ3) is 8.16. The number of anilines is 3. The highest BCUT2D eigenvalue weighted by Gasteiger charge is 2.40. The van der Waals surface area contributed by atoms with E-state index in [1.54, 1.807) is 29.2 Å². The molecule has 0 bridgehead atoms. The number of nitro benzene ring substituents is 1. The number of nitrogens with one attached hydrogen (secondary N) is 3. The van der Waals surface area contributed by atoms with E-state index in [1.165, 1.54) is 12.1 Å². The predicted molar refractivity (Wildman–Crippen MR) is 172 cm³/mol. The lowest BCUT2D eigenvalue weighted by atomic mass is 10.1. The van der Waals surface area contributed by atoms with Crippen molar-refractivity contribution in [3.05, 3.63) is 74.4 Å². The lowest BCUT2D eigenvalue weighted by Gasteiger charge is -2.35. The van der Waals surface area contributed by atoms with Gasteiger partial charge in [0.15, 0.2) is 0 Å². The molecule has 3 N–H and O–H groups in total. The maximum Gasteiger partial charge on any atom is 0.433 e. The molecule has 2 amide bonds. The van der Waals surface area contributed by atoms with Crippen molar-refractivity contribution in [1.82, 2.24) is 24.8 Å². The molecule has 0 unspecified atom stereocenters. The first-order valence-electron chi connectivity index (χ1n) is 15.0. The van der Waals surface area contributed by atoms with Crippen LogP contribution in [0.15, 0.2) is 47.5 Å². The van der Waals surface area contributed by atoms with Crippen molar-refractivity contribution in [2.24, 2.45) is 0 Å². The Morgan fingerprint density at radius 1 is 1.10 bits per heavy atom. The van der Waals surface area contributed by atoms with Crippen molar-refractivity contribution in [3.63, 3.8) is 0 Å². The monoisotopic (exact) mass is 735 g/mol. The van der Waals surface area contributed by atoms with Crippen LogP contribution in [0.1, 0.15) is 41.9 Å². The van der Waals surface area contributed by atoms with E-state index in [1.807, 2.05) is 19.9 Å². The number of ether oxygens (including phenoxy) is 1.